The SMILES string of the molecule is Nc1nccc2cc(CNC(=O)[C@@H]3CCCN3C(=O)[C@@H](CC3CCCCC3)NCC(=O)N3CCOCC3)ccc12. The number of likely N-dealkylation sites (tertiary alicyclic amines) is 1. The third-order valence-electron chi connectivity index (χ3n) is 8.62. The molecule has 10 heteroatoms. The number of anilines is 1. The number of nitrogens with one attached hydrogen (secondary N) is 2. The molecule has 2 aromatic rings. The molecule has 1 aliphatic carbocycles. The van der Waals surface area contributed by atoms with E-state index in [1.165, 1.54) is 19.3 Å². The number of hydrogen-bond donors (Lipinski definition) is 3. The first-order valence-corrected chi connectivity index (χ1v) is 14.8. The smallest absolute Gasteiger partial charge is 0.243 e. The molecule has 2 saturated heterocycles. The first-order chi connectivity index (χ1) is 19.5. The van der Waals surface area contributed by atoms with Crippen molar-refractivity contribution >= 4 is 34.3 Å². The van der Waals surface area contributed by atoms with E-state index in [0.717, 1.165) is 35.6 Å². The summed E-state index contributed by atoms with van der Waals surface area (Å²) >= 11 is 0. The van der Waals surface area contributed by atoms with Gasteiger partial charge in [-0.15, -0.1) is 0 Å². The molecule has 40 heavy (non-hydrogen) atoms. The minimum atomic E-state index is -0.501. The Hall–Kier alpha value is -3.24. The van der Waals surface area contributed by atoms with Crippen molar-refractivity contribution < 1.29 is 19.1 Å². The molecular formula is C30H42N6O4. The maximum absolute atomic E-state index is 13.9. The zero-order chi connectivity index (χ0) is 27.9. The quantitative estimate of drug-likeness (QED) is 0.437. The number of fused-ring (bicyclic) bond motifs is 1. The fraction of sp³-hybridized carbons (Fsp3) is 0.600. The number of nitrogens with two attached hydrogens (primary N) is 1. The van der Waals surface area contributed by atoms with Gasteiger partial charge in [-0.1, -0.05) is 44.2 Å². The van der Waals surface area contributed by atoms with Crippen molar-refractivity contribution in [3.8, 4) is 0 Å². The Bertz CT molecular complexity index is 1190. The molecule has 4 N–H and O–H groups in total. The summed E-state index contributed by atoms with van der Waals surface area (Å²) in [6, 6.07) is 6.79. The van der Waals surface area contributed by atoms with Crippen LogP contribution < -0.4 is 16.4 Å². The third-order valence-corrected chi connectivity index (χ3v) is 8.62. The van der Waals surface area contributed by atoms with Crippen LogP contribution in [0.1, 0.15) is 56.9 Å². The van der Waals surface area contributed by atoms with Crippen LogP contribution in [0.2, 0.25) is 0 Å². The van der Waals surface area contributed by atoms with E-state index in [-0.39, 0.29) is 24.3 Å². The molecule has 1 saturated carbocycles. The van der Waals surface area contributed by atoms with Gasteiger partial charge in [0.25, 0.3) is 0 Å². The Morgan fingerprint density at radius 2 is 1.82 bits per heavy atom. The van der Waals surface area contributed by atoms with Crippen LogP contribution in [0.4, 0.5) is 5.82 Å². The topological polar surface area (TPSA) is 130 Å². The van der Waals surface area contributed by atoms with Gasteiger partial charge in [-0.3, -0.25) is 19.7 Å². The lowest BCUT2D eigenvalue weighted by Gasteiger charge is -2.32. The van der Waals surface area contributed by atoms with Gasteiger partial charge in [-0.05, 0) is 48.3 Å². The number of nitrogens with zero attached hydrogens (tertiary/aromatic N) is 3. The lowest BCUT2D eigenvalue weighted by atomic mass is 9.84. The van der Waals surface area contributed by atoms with Gasteiger partial charge in [0.1, 0.15) is 11.9 Å². The first kappa shape index (κ1) is 28.3. The molecule has 0 radical (unpaired) electrons. The van der Waals surface area contributed by atoms with Gasteiger partial charge in [-0.2, -0.15) is 0 Å². The molecule has 5 rings (SSSR count). The number of carbonyl (C=O) groups is 3. The molecule has 2 aliphatic heterocycles. The summed E-state index contributed by atoms with van der Waals surface area (Å²) in [4.78, 5) is 47.7. The summed E-state index contributed by atoms with van der Waals surface area (Å²) in [5.41, 5.74) is 6.92. The summed E-state index contributed by atoms with van der Waals surface area (Å²) < 4.78 is 5.37. The fourth-order valence-electron chi connectivity index (χ4n) is 6.33. The predicted octanol–water partition coefficient (Wildman–Crippen LogP) is 2.21. The van der Waals surface area contributed by atoms with Gasteiger partial charge >= 0.3 is 0 Å². The lowest BCUT2D eigenvalue weighted by molar-refractivity contribution is -0.141. The summed E-state index contributed by atoms with van der Waals surface area (Å²) in [5, 5.41) is 8.21. The van der Waals surface area contributed by atoms with Gasteiger partial charge in [0.15, 0.2) is 0 Å². The largest absolute Gasteiger partial charge is 0.383 e. The number of aromatic nitrogens is 1. The number of rotatable bonds is 9. The normalized spacial score (nSPS) is 20.9. The summed E-state index contributed by atoms with van der Waals surface area (Å²) in [6.07, 6.45) is 9.64. The lowest BCUT2D eigenvalue weighted by Crippen LogP contribution is -2.54. The zero-order valence-electron chi connectivity index (χ0n) is 23.3. The zero-order valence-corrected chi connectivity index (χ0v) is 23.3. The Morgan fingerprint density at radius 3 is 2.62 bits per heavy atom. The van der Waals surface area contributed by atoms with Gasteiger partial charge in [0.2, 0.25) is 17.7 Å². The molecule has 3 amide bonds. The minimum absolute atomic E-state index is 0.00613. The van der Waals surface area contributed by atoms with E-state index in [1.807, 2.05) is 24.3 Å². The highest BCUT2D eigenvalue weighted by Crippen LogP contribution is 2.29. The van der Waals surface area contributed by atoms with Crippen molar-refractivity contribution in [3.05, 3.63) is 36.0 Å². The van der Waals surface area contributed by atoms with E-state index < -0.39 is 12.1 Å². The van der Waals surface area contributed by atoms with Crippen molar-refractivity contribution in [2.75, 3.05) is 45.1 Å². The molecule has 0 bridgehead atoms. The number of hydrogen-bond acceptors (Lipinski definition) is 7. The monoisotopic (exact) mass is 550 g/mol. The van der Waals surface area contributed by atoms with Crippen LogP contribution >= 0.6 is 0 Å². The first-order valence-electron chi connectivity index (χ1n) is 14.8. The molecule has 3 heterocycles. The Kier molecular flexibility index (Phi) is 9.49. The number of morpholine rings is 1. The average Bonchev–Trinajstić information content (AvgIpc) is 3.49. The minimum Gasteiger partial charge on any atom is -0.383 e. The van der Waals surface area contributed by atoms with Crippen molar-refractivity contribution in [3.63, 3.8) is 0 Å². The molecule has 10 nitrogen and oxygen atoms in total. The summed E-state index contributed by atoms with van der Waals surface area (Å²) in [6.45, 7) is 3.30. The number of pyridine rings is 1. The number of carbonyl (C=O) groups excluding carboxylic acids is 3. The highest BCUT2D eigenvalue weighted by atomic mass is 16.5. The molecule has 0 unspecified atom stereocenters. The molecule has 3 aliphatic rings. The summed E-state index contributed by atoms with van der Waals surface area (Å²) in [5.74, 6) is 0.734. The number of amides is 3. The Balaban J connectivity index is 1.22. The maximum Gasteiger partial charge on any atom is 0.243 e. The van der Waals surface area contributed by atoms with Gasteiger partial charge < -0.3 is 25.6 Å². The van der Waals surface area contributed by atoms with Crippen LogP contribution in [0, 0.1) is 5.92 Å². The van der Waals surface area contributed by atoms with Gasteiger partial charge in [-0.25, -0.2) is 4.98 Å². The fourth-order valence-corrected chi connectivity index (χ4v) is 6.33. The highest BCUT2D eigenvalue weighted by molar-refractivity contribution is 5.92. The molecule has 0 spiro atoms. The molecular weight excluding hydrogens is 508 g/mol. The second-order valence-electron chi connectivity index (χ2n) is 11.3. The average molecular weight is 551 g/mol. The van der Waals surface area contributed by atoms with E-state index in [4.69, 9.17) is 10.5 Å². The van der Waals surface area contributed by atoms with Crippen LogP contribution in [0.5, 0.6) is 0 Å². The number of ether oxygens (including phenoxy) is 1. The van der Waals surface area contributed by atoms with Crippen molar-refractivity contribution in [1.29, 1.82) is 0 Å². The van der Waals surface area contributed by atoms with Crippen molar-refractivity contribution in [2.24, 2.45) is 5.92 Å². The van der Waals surface area contributed by atoms with Crippen LogP contribution in [0.3, 0.4) is 0 Å². The van der Waals surface area contributed by atoms with Crippen LogP contribution in [-0.4, -0.2) is 84.0 Å². The summed E-state index contributed by atoms with van der Waals surface area (Å²) in [7, 11) is 0. The van der Waals surface area contributed by atoms with E-state index in [9.17, 15) is 14.4 Å². The van der Waals surface area contributed by atoms with Crippen LogP contribution in [0.25, 0.3) is 10.8 Å². The third kappa shape index (κ3) is 6.90. The second-order valence-corrected chi connectivity index (χ2v) is 11.3. The second kappa shape index (κ2) is 13.4. The van der Waals surface area contributed by atoms with E-state index >= 15 is 0 Å². The molecule has 3 fully saturated rings. The van der Waals surface area contributed by atoms with Crippen molar-refractivity contribution in [2.45, 2.75) is 70.0 Å². The van der Waals surface area contributed by atoms with E-state index in [1.54, 1.807) is 16.0 Å². The van der Waals surface area contributed by atoms with Crippen molar-refractivity contribution in [1.82, 2.24) is 25.4 Å². The van der Waals surface area contributed by atoms with E-state index in [2.05, 4.69) is 15.6 Å². The molecule has 2 atom stereocenters. The van der Waals surface area contributed by atoms with Gasteiger partial charge in [0.05, 0.1) is 25.8 Å². The number of nitrogen functional groups attached to an aromatic ring is 1. The maximum atomic E-state index is 13.9. The number of benzene rings is 1. The molecule has 1 aromatic carbocycles. The van der Waals surface area contributed by atoms with Crippen LogP contribution in [-0.2, 0) is 25.7 Å². The Morgan fingerprint density at radius 1 is 1.02 bits per heavy atom. The standard InChI is InChI=1S/C30H42N6O4/c31-28-24-9-8-22(17-23(24)10-11-32-28)19-34-29(38)26-7-4-12-36(26)30(39)25(18-21-5-2-1-3-6-21)33-20-27(37)35-13-15-40-16-14-35/h8-11,17,21,25-26,33H,1-7,12-16,18-20H2,(H2,31,32)(H,34,38)/t25-,26+/m1/s1. The van der Waals surface area contributed by atoms with E-state index in [0.29, 0.717) is 64.0 Å². The Labute approximate surface area is 236 Å². The molecule has 216 valence electrons. The van der Waals surface area contributed by atoms with Crippen LogP contribution in [0.15, 0.2) is 30.5 Å². The van der Waals surface area contributed by atoms with Gasteiger partial charge in [0, 0.05) is 37.8 Å². The molecule has 1 aromatic heterocycles. The predicted molar refractivity (Wildman–Crippen MR) is 153 cm³/mol. The highest BCUT2D eigenvalue weighted by Gasteiger charge is 2.38.